The number of H-pyrrole nitrogens is 1. The minimum absolute atomic E-state index is 0.00950. The van der Waals surface area contributed by atoms with Crippen LogP contribution in [0, 0.1) is 0 Å². The lowest BCUT2D eigenvalue weighted by molar-refractivity contribution is -0.121. The van der Waals surface area contributed by atoms with Crippen LogP contribution in [0.25, 0.3) is 10.9 Å². The third kappa shape index (κ3) is 1.92. The van der Waals surface area contributed by atoms with Gasteiger partial charge in [0.05, 0.1) is 5.31 Å². The van der Waals surface area contributed by atoms with Gasteiger partial charge in [-0.25, -0.2) is 0 Å². The van der Waals surface area contributed by atoms with Crippen molar-refractivity contribution in [1.29, 1.82) is 0 Å². The van der Waals surface area contributed by atoms with E-state index in [1.807, 2.05) is 29.6 Å². The highest BCUT2D eigenvalue weighted by molar-refractivity contribution is 6.54. The molecule has 1 heterocycles. The fourth-order valence-corrected chi connectivity index (χ4v) is 4.07. The minimum atomic E-state index is -0.644. The highest BCUT2D eigenvalue weighted by atomic mass is 35.5. The first-order chi connectivity index (χ1) is 10.1. The van der Waals surface area contributed by atoms with E-state index in [4.69, 9.17) is 17.3 Å². The second kappa shape index (κ2) is 4.67. The number of aromatic nitrogens is 1. The summed E-state index contributed by atoms with van der Waals surface area (Å²) in [6.45, 7) is 0. The van der Waals surface area contributed by atoms with E-state index in [2.05, 4.69) is 20.7 Å². The molecule has 1 amide bonds. The molecule has 108 valence electrons. The molecule has 1 aromatic heterocycles. The number of hydrogen-bond acceptors (Lipinski definition) is 1. The molecule has 9 heteroatoms. The average molecular weight is 308 g/mol. The quantitative estimate of drug-likeness (QED) is 0.517. The summed E-state index contributed by atoms with van der Waals surface area (Å²) >= 11 is 6.41. The predicted molar refractivity (Wildman–Crippen MR) is 107 cm³/mol. The molecule has 1 atom stereocenters. The number of fused-ring (bicyclic) bond motifs is 3. The van der Waals surface area contributed by atoms with Gasteiger partial charge in [-0.15, -0.1) is 0 Å². The van der Waals surface area contributed by atoms with Crippen LogP contribution in [0.1, 0.15) is 24.1 Å². The van der Waals surface area contributed by atoms with Crippen molar-refractivity contribution in [2.75, 3.05) is 0 Å². The van der Waals surface area contributed by atoms with Gasteiger partial charge in [0.25, 0.3) is 0 Å². The Morgan fingerprint density at radius 1 is 1.27 bits per heavy atom. The van der Waals surface area contributed by atoms with Crippen molar-refractivity contribution in [3.8, 4) is 0 Å². The van der Waals surface area contributed by atoms with E-state index < -0.39 is 5.31 Å². The van der Waals surface area contributed by atoms with Crippen LogP contribution < -0.4 is 16.7 Å². The van der Waals surface area contributed by atoms with Crippen molar-refractivity contribution in [1.82, 2.24) is 4.98 Å². The standard InChI is InChI=1S/C13H18B5ClN2O/c14-4-3-5(19)8(15)6-7-10(21-9(4)6)12(16,11(20)22)1-2-13(7,17)18/h3,21H,1-2,14-18H2,(H2,20,22). The van der Waals surface area contributed by atoms with Gasteiger partial charge < -0.3 is 10.7 Å². The minimum Gasteiger partial charge on any atom is -0.369 e. The summed E-state index contributed by atoms with van der Waals surface area (Å²) in [6, 6.07) is 1.98. The predicted octanol–water partition coefficient (Wildman–Crippen LogP) is -4.14. The van der Waals surface area contributed by atoms with Crippen molar-refractivity contribution in [2.45, 2.75) is 23.4 Å². The summed E-state index contributed by atoms with van der Waals surface area (Å²) in [4.78, 5) is 15.7. The summed E-state index contributed by atoms with van der Waals surface area (Å²) in [6.07, 6.45) is 1.69. The van der Waals surface area contributed by atoms with Crippen LogP contribution in [0.3, 0.4) is 0 Å². The molecule has 22 heavy (non-hydrogen) atoms. The second-order valence-corrected chi connectivity index (χ2v) is 7.91. The Bertz CT molecular complexity index is 819. The summed E-state index contributed by atoms with van der Waals surface area (Å²) in [5, 5.41) is 1.28. The number of amides is 1. The van der Waals surface area contributed by atoms with Crippen molar-refractivity contribution in [3.63, 3.8) is 0 Å². The fraction of sp³-hybridized carbons (Fsp3) is 0.308. The Balaban J connectivity index is 2.51. The first-order valence-electron chi connectivity index (χ1n) is 7.72. The molecule has 0 fully saturated rings. The maximum absolute atomic E-state index is 12.1. The van der Waals surface area contributed by atoms with Crippen molar-refractivity contribution in [3.05, 3.63) is 22.3 Å². The van der Waals surface area contributed by atoms with Gasteiger partial charge in [-0.1, -0.05) is 34.2 Å². The number of nitrogens with one attached hydrogen (secondary N) is 1. The number of carbonyl (C=O) groups is 1. The van der Waals surface area contributed by atoms with Gasteiger partial charge in [-0.2, -0.15) is 0 Å². The molecular weight excluding hydrogens is 290 g/mol. The number of hydrogen-bond donors (Lipinski definition) is 2. The first kappa shape index (κ1) is 15.7. The molecule has 1 unspecified atom stereocenters. The zero-order valence-electron chi connectivity index (χ0n) is 13.9. The number of nitrogens with two attached hydrogens (primary N) is 1. The van der Waals surface area contributed by atoms with Gasteiger partial charge in [0.2, 0.25) is 5.91 Å². The van der Waals surface area contributed by atoms with Gasteiger partial charge in [0.1, 0.15) is 39.2 Å². The average Bonchev–Trinajstić information content (AvgIpc) is 2.84. The molecule has 0 radical (unpaired) electrons. The van der Waals surface area contributed by atoms with Gasteiger partial charge in [-0.3, -0.25) is 4.79 Å². The lowest BCUT2D eigenvalue weighted by Crippen LogP contribution is -2.49. The third-order valence-corrected chi connectivity index (χ3v) is 5.89. The number of benzene rings is 1. The molecule has 1 aliphatic carbocycles. The summed E-state index contributed by atoms with van der Waals surface area (Å²) < 4.78 is 0. The van der Waals surface area contributed by atoms with Gasteiger partial charge in [0, 0.05) is 16.2 Å². The maximum Gasteiger partial charge on any atom is 0.221 e. The van der Waals surface area contributed by atoms with E-state index in [0.29, 0.717) is 0 Å². The lowest BCUT2D eigenvalue weighted by Gasteiger charge is -2.40. The van der Waals surface area contributed by atoms with E-state index >= 15 is 0 Å². The molecule has 0 saturated carbocycles. The van der Waals surface area contributed by atoms with Gasteiger partial charge in [0.15, 0.2) is 0 Å². The summed E-state index contributed by atoms with van der Waals surface area (Å²) in [5.74, 6) is -0.266. The SMILES string of the molecule is Bc1cc(Cl)c(B)c2c3c([nH]c12)C(B)(C(N)=O)CCC3(B)B. The zero-order valence-corrected chi connectivity index (χ0v) is 14.6. The Labute approximate surface area is 140 Å². The molecule has 3 nitrogen and oxygen atoms in total. The van der Waals surface area contributed by atoms with E-state index in [9.17, 15) is 4.79 Å². The Hall–Kier alpha value is -1.16. The lowest BCUT2D eigenvalue weighted by atomic mass is 9.41. The molecule has 0 aliphatic heterocycles. The monoisotopic (exact) mass is 308 g/mol. The topological polar surface area (TPSA) is 58.9 Å². The molecule has 1 aliphatic rings. The van der Waals surface area contributed by atoms with Crippen molar-refractivity contribution >= 4 is 78.6 Å². The summed E-state index contributed by atoms with van der Waals surface area (Å²) in [5.41, 5.74) is 11.2. The summed E-state index contributed by atoms with van der Waals surface area (Å²) in [7, 11) is 10.5. The number of rotatable bonds is 1. The van der Waals surface area contributed by atoms with Gasteiger partial charge in [-0.05, 0) is 23.4 Å². The van der Waals surface area contributed by atoms with Crippen LogP contribution in [0.2, 0.25) is 5.02 Å². The third-order valence-electron chi connectivity index (χ3n) is 5.49. The Morgan fingerprint density at radius 3 is 2.50 bits per heavy atom. The van der Waals surface area contributed by atoms with Crippen LogP contribution in [0.4, 0.5) is 0 Å². The molecular formula is C13H18B5ClN2O. The molecule has 2 aromatic rings. The van der Waals surface area contributed by atoms with Crippen LogP contribution in [-0.2, 0) is 15.3 Å². The number of aromatic amines is 1. The molecule has 0 bridgehead atoms. The largest absolute Gasteiger partial charge is 0.369 e. The second-order valence-electron chi connectivity index (χ2n) is 7.51. The number of halogens is 1. The van der Waals surface area contributed by atoms with Crippen molar-refractivity contribution < 1.29 is 4.79 Å². The Morgan fingerprint density at radius 2 is 1.91 bits per heavy atom. The number of carbonyl (C=O) groups excluding carboxylic acids is 1. The smallest absolute Gasteiger partial charge is 0.221 e. The highest BCUT2D eigenvalue weighted by Gasteiger charge is 2.45. The van der Waals surface area contributed by atoms with Crippen LogP contribution in [-0.4, -0.2) is 50.1 Å². The fourth-order valence-electron chi connectivity index (χ4n) is 3.81. The van der Waals surface area contributed by atoms with E-state index in [0.717, 1.165) is 45.4 Å². The van der Waals surface area contributed by atoms with Gasteiger partial charge >= 0.3 is 0 Å². The van der Waals surface area contributed by atoms with Crippen LogP contribution in [0.5, 0.6) is 0 Å². The highest BCUT2D eigenvalue weighted by Crippen LogP contribution is 2.44. The van der Waals surface area contributed by atoms with Crippen molar-refractivity contribution in [2.24, 2.45) is 5.73 Å². The number of primary amides is 1. The molecule has 3 N–H and O–H groups in total. The maximum atomic E-state index is 12.1. The zero-order chi connectivity index (χ0) is 16.4. The first-order valence-corrected chi connectivity index (χ1v) is 8.09. The molecule has 3 rings (SSSR count). The van der Waals surface area contributed by atoms with Crippen LogP contribution >= 0.6 is 11.6 Å². The van der Waals surface area contributed by atoms with E-state index in [1.54, 1.807) is 0 Å². The normalized spacial score (nSPS) is 23.3. The molecule has 0 saturated heterocycles. The Kier molecular flexibility index (Phi) is 3.34. The van der Waals surface area contributed by atoms with Crippen LogP contribution in [0.15, 0.2) is 6.07 Å². The van der Waals surface area contributed by atoms with E-state index in [1.165, 1.54) is 5.56 Å². The van der Waals surface area contributed by atoms with E-state index in [-0.39, 0.29) is 11.1 Å². The molecule has 0 spiro atoms. The molecule has 1 aromatic carbocycles.